The zero-order chi connectivity index (χ0) is 15.7. The highest BCUT2D eigenvalue weighted by Crippen LogP contribution is 2.36. The third kappa shape index (κ3) is 2.97. The molecule has 0 saturated heterocycles. The van der Waals surface area contributed by atoms with Crippen molar-refractivity contribution in [3.05, 3.63) is 26.6 Å². The summed E-state index contributed by atoms with van der Waals surface area (Å²) in [7, 11) is 0. The zero-order valence-electron chi connectivity index (χ0n) is 13.7. The number of nitrogens with zero attached hydrogens (tertiary/aromatic N) is 2. The van der Waals surface area contributed by atoms with E-state index < -0.39 is 0 Å². The molecule has 4 nitrogen and oxygen atoms in total. The van der Waals surface area contributed by atoms with E-state index in [4.69, 9.17) is 4.98 Å². The van der Waals surface area contributed by atoms with Crippen molar-refractivity contribution in [2.24, 2.45) is 0 Å². The van der Waals surface area contributed by atoms with Gasteiger partial charge in [0.1, 0.15) is 10.7 Å². The van der Waals surface area contributed by atoms with Crippen LogP contribution in [0.3, 0.4) is 0 Å². The molecule has 1 saturated carbocycles. The second-order valence-electron chi connectivity index (χ2n) is 6.28. The van der Waals surface area contributed by atoms with Crippen LogP contribution in [0.4, 0.5) is 0 Å². The van der Waals surface area contributed by atoms with Crippen molar-refractivity contribution in [2.45, 2.75) is 65.5 Å². The second-order valence-corrected chi connectivity index (χ2v) is 7.48. The van der Waals surface area contributed by atoms with Crippen LogP contribution in [0.25, 0.3) is 10.2 Å². The molecule has 5 heteroatoms. The topological polar surface area (TPSA) is 46.9 Å². The predicted molar refractivity (Wildman–Crippen MR) is 92.9 cm³/mol. The summed E-state index contributed by atoms with van der Waals surface area (Å²) in [5.74, 6) is 0.915. The van der Waals surface area contributed by atoms with Gasteiger partial charge in [0.05, 0.1) is 11.9 Å². The van der Waals surface area contributed by atoms with Gasteiger partial charge in [-0.25, -0.2) is 4.98 Å². The summed E-state index contributed by atoms with van der Waals surface area (Å²) in [5.41, 5.74) is 1.27. The van der Waals surface area contributed by atoms with Gasteiger partial charge in [0.25, 0.3) is 5.56 Å². The molecule has 2 aromatic rings. The maximum atomic E-state index is 12.9. The van der Waals surface area contributed by atoms with Gasteiger partial charge in [-0.15, -0.1) is 11.3 Å². The molecule has 1 aliphatic rings. The zero-order valence-corrected chi connectivity index (χ0v) is 14.6. The van der Waals surface area contributed by atoms with E-state index in [1.165, 1.54) is 24.1 Å². The van der Waals surface area contributed by atoms with Crippen molar-refractivity contribution in [3.8, 4) is 0 Å². The Kier molecular flexibility index (Phi) is 4.64. The first-order valence-corrected chi connectivity index (χ1v) is 9.17. The molecule has 0 bridgehead atoms. The molecule has 0 spiro atoms. The predicted octanol–water partition coefficient (Wildman–Crippen LogP) is 3.69. The first-order valence-electron chi connectivity index (χ1n) is 8.35. The van der Waals surface area contributed by atoms with Gasteiger partial charge in [-0.3, -0.25) is 9.36 Å². The van der Waals surface area contributed by atoms with Crippen LogP contribution >= 0.6 is 11.3 Å². The van der Waals surface area contributed by atoms with Crippen LogP contribution in [0.15, 0.2) is 4.79 Å². The number of hydrogen-bond donors (Lipinski definition) is 1. The van der Waals surface area contributed by atoms with Gasteiger partial charge in [-0.1, -0.05) is 19.8 Å². The van der Waals surface area contributed by atoms with Gasteiger partial charge in [-0.2, -0.15) is 0 Å². The molecule has 2 aromatic heterocycles. The minimum Gasteiger partial charge on any atom is -0.310 e. The summed E-state index contributed by atoms with van der Waals surface area (Å²) in [5, 5.41) is 4.29. The number of unbranched alkanes of at least 4 members (excludes halogenated alkanes) is 2. The lowest BCUT2D eigenvalue weighted by molar-refractivity contribution is 0.562. The Morgan fingerprint density at radius 2 is 2.09 bits per heavy atom. The third-order valence-corrected chi connectivity index (χ3v) is 5.56. The number of aromatic nitrogens is 2. The Balaban J connectivity index is 1.91. The molecule has 3 rings (SSSR count). The van der Waals surface area contributed by atoms with Crippen LogP contribution in [-0.2, 0) is 6.54 Å². The molecule has 1 N–H and O–H groups in total. The van der Waals surface area contributed by atoms with Crippen molar-refractivity contribution < 1.29 is 0 Å². The molecule has 120 valence electrons. The van der Waals surface area contributed by atoms with Crippen molar-refractivity contribution in [2.75, 3.05) is 6.54 Å². The van der Waals surface area contributed by atoms with Gasteiger partial charge < -0.3 is 5.32 Å². The Hall–Kier alpha value is -1.20. The molecular weight excluding hydrogens is 294 g/mol. The van der Waals surface area contributed by atoms with Crippen LogP contribution in [0.2, 0.25) is 0 Å². The van der Waals surface area contributed by atoms with E-state index in [2.05, 4.69) is 19.2 Å². The largest absolute Gasteiger partial charge is 0.310 e. The van der Waals surface area contributed by atoms with Crippen molar-refractivity contribution in [1.29, 1.82) is 0 Å². The maximum absolute atomic E-state index is 12.9. The molecule has 22 heavy (non-hydrogen) atoms. The SMILES string of the molecule is CCCCCNCc1nc2sc(C)c(C)c2c(=O)n1C1CC1. The average molecular weight is 319 g/mol. The molecular formula is C17H25N3OS. The summed E-state index contributed by atoms with van der Waals surface area (Å²) in [6, 6.07) is 0.372. The molecule has 1 fully saturated rings. The van der Waals surface area contributed by atoms with Gasteiger partial charge in [0.2, 0.25) is 0 Å². The van der Waals surface area contributed by atoms with Crippen LogP contribution in [0, 0.1) is 13.8 Å². The number of nitrogens with one attached hydrogen (secondary N) is 1. The normalized spacial score (nSPS) is 14.9. The summed E-state index contributed by atoms with van der Waals surface area (Å²) < 4.78 is 1.95. The van der Waals surface area contributed by atoms with Crippen LogP contribution in [0.5, 0.6) is 0 Å². The van der Waals surface area contributed by atoms with Crippen LogP contribution < -0.4 is 10.9 Å². The monoisotopic (exact) mass is 319 g/mol. The van der Waals surface area contributed by atoms with Crippen LogP contribution in [-0.4, -0.2) is 16.1 Å². The first-order chi connectivity index (χ1) is 10.6. The highest BCUT2D eigenvalue weighted by atomic mass is 32.1. The molecule has 1 aliphatic carbocycles. The Bertz CT molecular complexity index is 728. The van der Waals surface area contributed by atoms with E-state index in [0.717, 1.165) is 41.0 Å². The smallest absolute Gasteiger partial charge is 0.262 e. The van der Waals surface area contributed by atoms with Crippen molar-refractivity contribution in [3.63, 3.8) is 0 Å². The minimum atomic E-state index is 0.166. The number of thiophene rings is 1. The fourth-order valence-electron chi connectivity index (χ4n) is 2.88. The molecule has 2 heterocycles. The molecule has 0 amide bonds. The number of hydrogen-bond acceptors (Lipinski definition) is 4. The highest BCUT2D eigenvalue weighted by molar-refractivity contribution is 7.18. The quantitative estimate of drug-likeness (QED) is 0.792. The van der Waals surface area contributed by atoms with Gasteiger partial charge in [-0.05, 0) is 45.2 Å². The molecule has 0 aliphatic heterocycles. The van der Waals surface area contributed by atoms with Gasteiger partial charge >= 0.3 is 0 Å². The third-order valence-electron chi connectivity index (χ3n) is 4.46. The van der Waals surface area contributed by atoms with Crippen LogP contribution in [0.1, 0.15) is 61.3 Å². The summed E-state index contributed by atoms with van der Waals surface area (Å²) in [6.07, 6.45) is 5.88. The first kappa shape index (κ1) is 15.7. The van der Waals surface area contributed by atoms with Gasteiger partial charge in [0.15, 0.2) is 0 Å². The fraction of sp³-hybridized carbons (Fsp3) is 0.647. The summed E-state index contributed by atoms with van der Waals surface area (Å²) >= 11 is 1.64. The summed E-state index contributed by atoms with van der Waals surface area (Å²) in [4.78, 5) is 19.8. The number of fused-ring (bicyclic) bond motifs is 1. The fourth-order valence-corrected chi connectivity index (χ4v) is 3.92. The lowest BCUT2D eigenvalue weighted by atomic mass is 10.2. The molecule has 0 unspecified atom stereocenters. The maximum Gasteiger partial charge on any atom is 0.262 e. The summed E-state index contributed by atoms with van der Waals surface area (Å²) in [6.45, 7) is 8.01. The standard InChI is InChI=1S/C17H25N3OS/c1-4-5-6-9-18-10-14-19-16-15(11(2)12(3)22-16)17(21)20(14)13-7-8-13/h13,18H,4-10H2,1-3H3. The molecule has 0 aromatic carbocycles. The van der Waals surface area contributed by atoms with E-state index in [0.29, 0.717) is 12.6 Å². The Labute approximate surface area is 135 Å². The van der Waals surface area contributed by atoms with E-state index >= 15 is 0 Å². The van der Waals surface area contributed by atoms with E-state index in [9.17, 15) is 4.79 Å². The number of aryl methyl sites for hydroxylation is 2. The average Bonchev–Trinajstić information content (AvgIpc) is 3.26. The Morgan fingerprint density at radius 1 is 1.32 bits per heavy atom. The lowest BCUT2D eigenvalue weighted by Crippen LogP contribution is -2.28. The Morgan fingerprint density at radius 3 is 2.77 bits per heavy atom. The molecule has 0 radical (unpaired) electrons. The second kappa shape index (κ2) is 6.50. The van der Waals surface area contributed by atoms with Crippen molar-refractivity contribution in [1.82, 2.24) is 14.9 Å². The van der Waals surface area contributed by atoms with E-state index in [1.807, 2.05) is 11.5 Å². The highest BCUT2D eigenvalue weighted by Gasteiger charge is 2.29. The minimum absolute atomic E-state index is 0.166. The van der Waals surface area contributed by atoms with Crippen molar-refractivity contribution >= 4 is 21.6 Å². The van der Waals surface area contributed by atoms with E-state index in [1.54, 1.807) is 11.3 Å². The van der Waals surface area contributed by atoms with Gasteiger partial charge in [0, 0.05) is 10.9 Å². The molecule has 0 atom stereocenters. The number of rotatable bonds is 7. The van der Waals surface area contributed by atoms with E-state index in [-0.39, 0.29) is 5.56 Å². The lowest BCUT2D eigenvalue weighted by Gasteiger charge is -2.12.